The summed E-state index contributed by atoms with van der Waals surface area (Å²) in [5.41, 5.74) is 3.86. The molecule has 0 aliphatic heterocycles. The van der Waals surface area contributed by atoms with Gasteiger partial charge in [-0.1, -0.05) is 22.9 Å². The molecule has 5 heteroatoms. The molecule has 0 spiro atoms. The lowest BCUT2D eigenvalue weighted by Gasteiger charge is -2.01. The van der Waals surface area contributed by atoms with E-state index >= 15 is 0 Å². The summed E-state index contributed by atoms with van der Waals surface area (Å²) < 4.78 is 0.934. The normalized spacial score (nSPS) is 11.3. The Morgan fingerprint density at radius 1 is 1.67 bits per heavy atom. The first-order valence-electron chi connectivity index (χ1n) is 4.58. The highest BCUT2D eigenvalue weighted by Gasteiger charge is 2.00. The van der Waals surface area contributed by atoms with E-state index in [1.807, 2.05) is 12.1 Å². The van der Waals surface area contributed by atoms with Gasteiger partial charge in [0, 0.05) is 17.1 Å². The third-order valence-corrected chi connectivity index (χ3v) is 2.26. The monoisotopic (exact) mass is 269 g/mol. The molecule has 15 heavy (non-hydrogen) atoms. The van der Waals surface area contributed by atoms with Crippen molar-refractivity contribution in [3.05, 3.63) is 28.5 Å². The first kappa shape index (κ1) is 11.8. The number of hydrogen-bond acceptors (Lipinski definition) is 3. The maximum atomic E-state index is 11.0. The largest absolute Gasteiger partial charge is 0.273 e. The minimum atomic E-state index is -0.107. The van der Waals surface area contributed by atoms with E-state index in [9.17, 15) is 4.79 Å². The van der Waals surface area contributed by atoms with Crippen LogP contribution < -0.4 is 5.43 Å². The second kappa shape index (κ2) is 5.60. The molecule has 4 nitrogen and oxygen atoms in total. The van der Waals surface area contributed by atoms with Gasteiger partial charge in [-0.25, -0.2) is 5.43 Å². The minimum Gasteiger partial charge on any atom is -0.273 e. The van der Waals surface area contributed by atoms with Crippen molar-refractivity contribution in [2.45, 2.75) is 20.3 Å². The summed E-state index contributed by atoms with van der Waals surface area (Å²) in [7, 11) is 0. The first-order chi connectivity index (χ1) is 7.13. The SMILES string of the molecule is CCC(=O)N/N=C(\C)c1cc(Br)ccn1. The van der Waals surface area contributed by atoms with Crippen molar-refractivity contribution in [2.75, 3.05) is 0 Å². The number of hydrazone groups is 1. The first-order valence-corrected chi connectivity index (χ1v) is 5.38. The van der Waals surface area contributed by atoms with Crippen molar-refractivity contribution < 1.29 is 4.79 Å². The number of carbonyl (C=O) groups excluding carboxylic acids is 1. The fourth-order valence-corrected chi connectivity index (χ4v) is 1.22. The van der Waals surface area contributed by atoms with Crippen LogP contribution in [0.4, 0.5) is 0 Å². The van der Waals surface area contributed by atoms with Crippen molar-refractivity contribution in [1.29, 1.82) is 0 Å². The predicted molar refractivity (Wildman–Crippen MR) is 62.6 cm³/mol. The topological polar surface area (TPSA) is 54.4 Å². The fourth-order valence-electron chi connectivity index (χ4n) is 0.885. The van der Waals surface area contributed by atoms with E-state index < -0.39 is 0 Å². The molecule has 0 unspecified atom stereocenters. The zero-order valence-electron chi connectivity index (χ0n) is 8.62. The van der Waals surface area contributed by atoms with Gasteiger partial charge < -0.3 is 0 Å². The molecule has 0 aromatic carbocycles. The van der Waals surface area contributed by atoms with Gasteiger partial charge in [-0.3, -0.25) is 9.78 Å². The van der Waals surface area contributed by atoms with E-state index in [4.69, 9.17) is 0 Å². The Labute approximate surface area is 96.9 Å². The van der Waals surface area contributed by atoms with E-state index in [0.29, 0.717) is 12.1 Å². The molecule has 0 aliphatic carbocycles. The lowest BCUT2D eigenvalue weighted by Crippen LogP contribution is -2.18. The Hall–Kier alpha value is -1.23. The molecule has 0 saturated heterocycles. The molecule has 1 aromatic heterocycles. The van der Waals surface area contributed by atoms with E-state index in [0.717, 1.165) is 10.2 Å². The van der Waals surface area contributed by atoms with Gasteiger partial charge in [0.25, 0.3) is 0 Å². The summed E-state index contributed by atoms with van der Waals surface area (Å²) in [6, 6.07) is 3.68. The van der Waals surface area contributed by atoms with Crippen molar-refractivity contribution in [3.63, 3.8) is 0 Å². The summed E-state index contributed by atoms with van der Waals surface area (Å²) in [6.07, 6.45) is 2.10. The number of amides is 1. The van der Waals surface area contributed by atoms with Gasteiger partial charge in [0.1, 0.15) is 0 Å². The lowest BCUT2D eigenvalue weighted by molar-refractivity contribution is -0.120. The number of nitrogens with one attached hydrogen (secondary N) is 1. The van der Waals surface area contributed by atoms with Crippen LogP contribution in [0, 0.1) is 0 Å². The Morgan fingerprint density at radius 3 is 3.00 bits per heavy atom. The van der Waals surface area contributed by atoms with Crippen molar-refractivity contribution in [2.24, 2.45) is 5.10 Å². The van der Waals surface area contributed by atoms with Crippen LogP contribution in [0.1, 0.15) is 26.0 Å². The molecular weight excluding hydrogens is 258 g/mol. The van der Waals surface area contributed by atoms with Crippen LogP contribution in [0.5, 0.6) is 0 Å². The van der Waals surface area contributed by atoms with Gasteiger partial charge in [0.2, 0.25) is 5.91 Å². The third kappa shape index (κ3) is 3.79. The number of pyridine rings is 1. The molecule has 0 radical (unpaired) electrons. The number of nitrogens with zero attached hydrogens (tertiary/aromatic N) is 2. The second-order valence-corrected chi connectivity index (χ2v) is 3.86. The van der Waals surface area contributed by atoms with E-state index in [2.05, 4.69) is 31.4 Å². The van der Waals surface area contributed by atoms with Crippen LogP contribution in [0.3, 0.4) is 0 Å². The number of carbonyl (C=O) groups is 1. The standard InChI is InChI=1S/C10H12BrN3O/c1-3-10(15)14-13-7(2)9-6-8(11)4-5-12-9/h4-6H,3H2,1-2H3,(H,14,15)/b13-7+. The molecule has 80 valence electrons. The molecule has 0 saturated carbocycles. The zero-order valence-corrected chi connectivity index (χ0v) is 10.2. The van der Waals surface area contributed by atoms with Gasteiger partial charge >= 0.3 is 0 Å². The zero-order chi connectivity index (χ0) is 11.3. The highest BCUT2D eigenvalue weighted by molar-refractivity contribution is 9.10. The molecule has 0 fully saturated rings. The van der Waals surface area contributed by atoms with Crippen LogP contribution >= 0.6 is 15.9 Å². The van der Waals surface area contributed by atoms with Crippen LogP contribution in [0.15, 0.2) is 27.9 Å². The van der Waals surface area contributed by atoms with Gasteiger partial charge in [0.15, 0.2) is 0 Å². The van der Waals surface area contributed by atoms with Gasteiger partial charge in [-0.05, 0) is 19.1 Å². The number of halogens is 1. The summed E-state index contributed by atoms with van der Waals surface area (Å²) in [6.45, 7) is 3.57. The maximum Gasteiger partial charge on any atom is 0.239 e. The number of rotatable bonds is 3. The molecule has 1 aromatic rings. The van der Waals surface area contributed by atoms with Gasteiger partial charge in [-0.15, -0.1) is 0 Å². The van der Waals surface area contributed by atoms with Gasteiger partial charge in [-0.2, -0.15) is 5.10 Å². The predicted octanol–water partition coefficient (Wildman–Crippen LogP) is 2.09. The van der Waals surface area contributed by atoms with E-state index in [-0.39, 0.29) is 5.91 Å². The second-order valence-electron chi connectivity index (χ2n) is 2.95. The molecule has 0 bridgehead atoms. The summed E-state index contributed by atoms with van der Waals surface area (Å²) in [5.74, 6) is -0.107. The average molecular weight is 270 g/mol. The van der Waals surface area contributed by atoms with E-state index in [1.54, 1.807) is 20.0 Å². The minimum absolute atomic E-state index is 0.107. The fraction of sp³-hybridized carbons (Fsp3) is 0.300. The van der Waals surface area contributed by atoms with Crippen molar-refractivity contribution >= 4 is 27.5 Å². The summed E-state index contributed by atoms with van der Waals surface area (Å²) >= 11 is 3.34. The highest BCUT2D eigenvalue weighted by Crippen LogP contribution is 2.09. The Kier molecular flexibility index (Phi) is 4.42. The average Bonchev–Trinajstić information content (AvgIpc) is 2.25. The third-order valence-electron chi connectivity index (χ3n) is 1.76. The van der Waals surface area contributed by atoms with Crippen LogP contribution in [-0.4, -0.2) is 16.6 Å². The van der Waals surface area contributed by atoms with Crippen molar-refractivity contribution in [1.82, 2.24) is 10.4 Å². The highest BCUT2D eigenvalue weighted by atomic mass is 79.9. The summed E-state index contributed by atoms with van der Waals surface area (Å²) in [5, 5.41) is 3.94. The number of hydrogen-bond donors (Lipinski definition) is 1. The Morgan fingerprint density at radius 2 is 2.40 bits per heavy atom. The van der Waals surface area contributed by atoms with Crippen LogP contribution in [0.25, 0.3) is 0 Å². The molecule has 1 N–H and O–H groups in total. The van der Waals surface area contributed by atoms with E-state index in [1.165, 1.54) is 0 Å². The smallest absolute Gasteiger partial charge is 0.239 e. The molecule has 1 heterocycles. The summed E-state index contributed by atoms with van der Waals surface area (Å²) in [4.78, 5) is 15.1. The van der Waals surface area contributed by atoms with Crippen molar-refractivity contribution in [3.8, 4) is 0 Å². The van der Waals surface area contributed by atoms with Gasteiger partial charge in [0.05, 0.1) is 11.4 Å². The Balaban J connectivity index is 2.75. The number of aromatic nitrogens is 1. The quantitative estimate of drug-likeness (QED) is 0.675. The Bertz CT molecular complexity index is 390. The van der Waals surface area contributed by atoms with Crippen LogP contribution in [0.2, 0.25) is 0 Å². The molecule has 0 atom stereocenters. The molecular formula is C10H12BrN3O. The van der Waals surface area contributed by atoms with Crippen LogP contribution in [-0.2, 0) is 4.79 Å². The maximum absolute atomic E-state index is 11.0. The molecule has 0 aliphatic rings. The molecule has 1 amide bonds. The molecule has 1 rings (SSSR count). The lowest BCUT2D eigenvalue weighted by atomic mass is 10.3.